The zero-order valence-electron chi connectivity index (χ0n) is 19.4. The molecule has 34 heavy (non-hydrogen) atoms. The van der Waals surface area contributed by atoms with E-state index in [1.807, 2.05) is 50.2 Å². The molecule has 0 radical (unpaired) electrons. The summed E-state index contributed by atoms with van der Waals surface area (Å²) in [5.41, 5.74) is 3.04. The number of fused-ring (bicyclic) bond motifs is 2. The molecule has 2 aliphatic rings. The first-order valence-corrected chi connectivity index (χ1v) is 11.3. The number of aryl methyl sites for hydroxylation is 1. The lowest BCUT2D eigenvalue weighted by molar-refractivity contribution is -0.140. The molecule has 1 saturated heterocycles. The minimum absolute atomic E-state index is 0.0771. The molecule has 2 aliphatic heterocycles. The Kier molecular flexibility index (Phi) is 5.53. The van der Waals surface area contributed by atoms with E-state index in [1.54, 1.807) is 23.1 Å². The number of ketones is 1. The molecule has 0 bridgehead atoms. The summed E-state index contributed by atoms with van der Waals surface area (Å²) in [6.45, 7) is 3.70. The highest BCUT2D eigenvalue weighted by molar-refractivity contribution is 6.46. The molecule has 8 nitrogen and oxygen atoms in total. The second kappa shape index (κ2) is 8.53. The molecular weight excluding hydrogens is 434 g/mol. The number of amides is 1. The summed E-state index contributed by atoms with van der Waals surface area (Å²) >= 11 is 0. The molecule has 8 heteroatoms. The molecule has 1 fully saturated rings. The van der Waals surface area contributed by atoms with Gasteiger partial charge in [-0.3, -0.25) is 9.59 Å². The fraction of sp³-hybridized carbons (Fsp3) is 0.308. The van der Waals surface area contributed by atoms with Gasteiger partial charge in [0.25, 0.3) is 11.7 Å². The van der Waals surface area contributed by atoms with Gasteiger partial charge in [0, 0.05) is 40.8 Å². The number of para-hydroxylation sites is 1. The first kappa shape index (κ1) is 22.0. The summed E-state index contributed by atoms with van der Waals surface area (Å²) in [5.74, 6) is -0.455. The Morgan fingerprint density at radius 1 is 1.12 bits per heavy atom. The molecule has 1 aromatic heterocycles. The van der Waals surface area contributed by atoms with E-state index < -0.39 is 17.7 Å². The smallest absolute Gasteiger partial charge is 0.295 e. The lowest BCUT2D eigenvalue weighted by Gasteiger charge is -2.27. The van der Waals surface area contributed by atoms with Crippen LogP contribution in [0.25, 0.3) is 16.7 Å². The van der Waals surface area contributed by atoms with Gasteiger partial charge in [0.15, 0.2) is 11.5 Å². The highest BCUT2D eigenvalue weighted by Crippen LogP contribution is 2.44. The average molecular weight is 462 g/mol. The third-order valence-electron chi connectivity index (χ3n) is 6.36. The van der Waals surface area contributed by atoms with Crippen LogP contribution in [0.15, 0.2) is 48.0 Å². The fourth-order valence-electron chi connectivity index (χ4n) is 4.72. The second-order valence-electron chi connectivity index (χ2n) is 8.86. The fourth-order valence-corrected chi connectivity index (χ4v) is 4.72. The number of H-pyrrole nitrogens is 1. The van der Waals surface area contributed by atoms with Crippen LogP contribution in [0.2, 0.25) is 0 Å². The molecule has 0 aliphatic carbocycles. The van der Waals surface area contributed by atoms with Gasteiger partial charge in [-0.1, -0.05) is 18.2 Å². The number of likely N-dealkylation sites (tertiary alicyclic amines) is 1. The van der Waals surface area contributed by atoms with Gasteiger partial charge in [-0.25, -0.2) is 0 Å². The highest BCUT2D eigenvalue weighted by atomic mass is 16.6. The zero-order chi connectivity index (χ0) is 24.0. The molecule has 2 N–H and O–H groups in total. The minimum Gasteiger partial charge on any atom is -0.507 e. The Hall–Kier alpha value is -3.78. The summed E-state index contributed by atoms with van der Waals surface area (Å²) in [7, 11) is 3.83. The second-order valence-corrected chi connectivity index (χ2v) is 8.86. The quantitative estimate of drug-likeness (QED) is 0.344. The summed E-state index contributed by atoms with van der Waals surface area (Å²) in [6, 6.07) is 12.1. The summed E-state index contributed by atoms with van der Waals surface area (Å²) in [4.78, 5) is 33.4. The van der Waals surface area contributed by atoms with E-state index in [0.717, 1.165) is 22.2 Å². The van der Waals surface area contributed by atoms with Crippen LogP contribution in [0.4, 0.5) is 0 Å². The van der Waals surface area contributed by atoms with Gasteiger partial charge in [-0.15, -0.1) is 0 Å². The molecule has 2 aromatic carbocycles. The highest BCUT2D eigenvalue weighted by Gasteiger charge is 2.47. The molecule has 3 aromatic rings. The lowest BCUT2D eigenvalue weighted by atomic mass is 9.93. The van der Waals surface area contributed by atoms with E-state index in [0.29, 0.717) is 43.4 Å². The minimum atomic E-state index is -0.718. The summed E-state index contributed by atoms with van der Waals surface area (Å²) in [6.07, 6.45) is 0. The van der Waals surface area contributed by atoms with Crippen LogP contribution in [0.5, 0.6) is 11.5 Å². The first-order valence-electron chi connectivity index (χ1n) is 11.3. The number of rotatable bonds is 5. The van der Waals surface area contributed by atoms with Crippen molar-refractivity contribution in [2.45, 2.75) is 13.0 Å². The van der Waals surface area contributed by atoms with Crippen molar-refractivity contribution < 1.29 is 24.2 Å². The van der Waals surface area contributed by atoms with Crippen LogP contribution in [0.3, 0.4) is 0 Å². The van der Waals surface area contributed by atoms with Crippen LogP contribution in [0.1, 0.15) is 22.9 Å². The monoisotopic (exact) mass is 461 g/mol. The number of aliphatic hydroxyl groups is 1. The molecule has 3 heterocycles. The molecule has 0 spiro atoms. The maximum Gasteiger partial charge on any atom is 0.295 e. The van der Waals surface area contributed by atoms with Crippen molar-refractivity contribution in [1.29, 1.82) is 0 Å². The molecule has 1 atom stereocenters. The standard InChI is InChI=1S/C26H27N3O5/c1-15-21(17-6-4-5-7-18(17)27-15)23-22(25(31)26(32)29(23)11-10-28(2)3)24(30)16-8-9-19-20(14-16)34-13-12-33-19/h4-9,14,23,27,30H,10-13H2,1-3H3/b24-22+. The number of aromatic nitrogens is 1. The van der Waals surface area contributed by atoms with Gasteiger partial charge in [0.2, 0.25) is 0 Å². The maximum atomic E-state index is 13.3. The van der Waals surface area contributed by atoms with Crippen molar-refractivity contribution in [3.05, 3.63) is 64.9 Å². The van der Waals surface area contributed by atoms with E-state index >= 15 is 0 Å². The van der Waals surface area contributed by atoms with Crippen molar-refractivity contribution in [3.63, 3.8) is 0 Å². The van der Waals surface area contributed by atoms with Gasteiger partial charge in [0.05, 0.1) is 11.6 Å². The predicted molar refractivity (Wildman–Crippen MR) is 128 cm³/mol. The van der Waals surface area contributed by atoms with Crippen molar-refractivity contribution in [2.24, 2.45) is 0 Å². The number of nitrogens with one attached hydrogen (secondary N) is 1. The maximum absolute atomic E-state index is 13.3. The lowest BCUT2D eigenvalue weighted by Crippen LogP contribution is -2.35. The van der Waals surface area contributed by atoms with E-state index in [4.69, 9.17) is 9.47 Å². The SMILES string of the molecule is Cc1[nH]c2ccccc2c1C1/C(=C(\O)c2ccc3c(c2)OCCO3)C(=O)C(=O)N1CCN(C)C. The Labute approximate surface area is 197 Å². The van der Waals surface area contributed by atoms with Gasteiger partial charge < -0.3 is 29.4 Å². The number of carbonyl (C=O) groups is 2. The molecule has 5 rings (SSSR count). The Balaban J connectivity index is 1.70. The number of ether oxygens (including phenoxy) is 2. The number of carbonyl (C=O) groups excluding carboxylic acids is 2. The largest absolute Gasteiger partial charge is 0.507 e. The van der Waals surface area contributed by atoms with Gasteiger partial charge in [0.1, 0.15) is 19.0 Å². The van der Waals surface area contributed by atoms with Gasteiger partial charge in [-0.2, -0.15) is 0 Å². The first-order chi connectivity index (χ1) is 16.4. The van der Waals surface area contributed by atoms with Crippen LogP contribution in [-0.4, -0.2) is 72.0 Å². The number of likely N-dealkylation sites (N-methyl/N-ethyl adjacent to an activating group) is 1. The van der Waals surface area contributed by atoms with Crippen LogP contribution < -0.4 is 9.47 Å². The Bertz CT molecular complexity index is 1320. The van der Waals surface area contributed by atoms with E-state index in [-0.39, 0.29) is 11.3 Å². The normalized spacial score (nSPS) is 19.4. The van der Waals surface area contributed by atoms with E-state index in [1.165, 1.54) is 0 Å². The van der Waals surface area contributed by atoms with Crippen LogP contribution in [-0.2, 0) is 9.59 Å². The predicted octanol–water partition coefficient (Wildman–Crippen LogP) is 3.23. The zero-order valence-corrected chi connectivity index (χ0v) is 19.4. The third kappa shape index (κ3) is 3.60. The molecule has 1 amide bonds. The number of hydrogen-bond donors (Lipinski definition) is 2. The molecule has 176 valence electrons. The van der Waals surface area contributed by atoms with Gasteiger partial charge >= 0.3 is 0 Å². The van der Waals surface area contributed by atoms with Crippen molar-refractivity contribution in [1.82, 2.24) is 14.8 Å². The Morgan fingerprint density at radius 2 is 1.85 bits per heavy atom. The number of nitrogens with zero attached hydrogens (tertiary/aromatic N) is 2. The van der Waals surface area contributed by atoms with Crippen LogP contribution >= 0.6 is 0 Å². The number of benzene rings is 2. The number of aliphatic hydroxyl groups excluding tert-OH is 1. The van der Waals surface area contributed by atoms with E-state index in [9.17, 15) is 14.7 Å². The van der Waals surface area contributed by atoms with Crippen LogP contribution in [0, 0.1) is 6.92 Å². The summed E-state index contributed by atoms with van der Waals surface area (Å²) < 4.78 is 11.2. The van der Waals surface area contributed by atoms with Crippen molar-refractivity contribution in [2.75, 3.05) is 40.4 Å². The third-order valence-corrected chi connectivity index (χ3v) is 6.36. The van der Waals surface area contributed by atoms with Crippen molar-refractivity contribution >= 4 is 28.4 Å². The molecule has 0 saturated carbocycles. The number of Topliss-reactive ketones (excluding diaryl/α,β-unsaturated/α-hetero) is 1. The number of hydrogen-bond acceptors (Lipinski definition) is 6. The molecule has 1 unspecified atom stereocenters. The number of aromatic amines is 1. The molecular formula is C26H27N3O5. The topological polar surface area (TPSA) is 95.1 Å². The Morgan fingerprint density at radius 3 is 2.62 bits per heavy atom. The summed E-state index contributed by atoms with van der Waals surface area (Å²) in [5, 5.41) is 12.3. The van der Waals surface area contributed by atoms with Crippen molar-refractivity contribution in [3.8, 4) is 11.5 Å². The van der Waals surface area contributed by atoms with Gasteiger partial charge in [-0.05, 0) is 45.3 Å². The average Bonchev–Trinajstić information content (AvgIpc) is 3.29. The van der Waals surface area contributed by atoms with E-state index in [2.05, 4.69) is 4.98 Å².